The van der Waals surface area contributed by atoms with E-state index in [1.165, 1.54) is 66.6 Å². The van der Waals surface area contributed by atoms with E-state index in [4.69, 9.17) is 51.9 Å². The van der Waals surface area contributed by atoms with Gasteiger partial charge >= 0.3 is 0 Å². The zero-order valence-corrected chi connectivity index (χ0v) is 80.8. The van der Waals surface area contributed by atoms with Gasteiger partial charge in [0.25, 0.3) is 0 Å². The molecule has 10 aromatic heterocycles. The third-order valence-corrected chi connectivity index (χ3v) is 27.6. The standard InChI is InChI=1S/C20H22F2N8.2C19H19ClF2N8.C19H19F3N8.C19H20F2N8/c21-12-6-7-13(14(22)9-12)16-5-2-8-30(16)20-26-18(23)25-19(27-20)24-17-10-15(28-29-17)11-3-1-4-11;20-13-5-10(21)3-4-12(13)15-6-11(22)8-30(15)19-26-17(23)25-18(27-19)24-16-7-14(28-29-16)9-1-2-9;20-10-3-4-12(13(22)5-10)15-6-11(21)8-30(15)19-26-17(23)25-18(27-19)24-16-7-14(28-29-16)9-1-2-9;20-10-3-4-13(22)12(5-10)15-6-11(21)8-30(15)19-26-17(23)25-18(27-19)24-16-7-14(28-29-16)9-1-2-9;20-12-5-3-11(4-6-12)15-7-13(21)9-29(15)19-25-17(22)24-18(26-19)23-16-8-14(27-28-16)10-1-2-10/h6-7,9-11,16H,1-5,8H2,(H4,23,24,25,26,27,28,29);3*3-5,7,9,11,15H,1-2,6,8H2,(H4,23,24,25,26,27,28,29);3-6,8,10,13,15H,1-2,7,9H2,(H4,22,23,24,25,26,27,28). The van der Waals surface area contributed by atoms with Crippen LogP contribution in [0, 0.1) is 40.7 Å². The van der Waals surface area contributed by atoms with Crippen LogP contribution in [-0.2, 0) is 0 Å². The Balaban J connectivity index is 0.000000109. The molecule has 10 aliphatic rings. The van der Waals surface area contributed by atoms with Crippen LogP contribution in [0.4, 0.5) is 167 Å². The van der Waals surface area contributed by atoms with Crippen molar-refractivity contribution < 1.29 is 48.3 Å². The molecule has 15 heterocycles. The van der Waals surface area contributed by atoms with Gasteiger partial charge in [-0.25, -0.2) is 48.3 Å². The molecule has 0 spiro atoms. The van der Waals surface area contributed by atoms with Gasteiger partial charge in [0.2, 0.25) is 89.2 Å². The van der Waals surface area contributed by atoms with Crippen LogP contribution in [-0.4, -0.2) is 183 Å². The fourth-order valence-corrected chi connectivity index (χ4v) is 19.5. The summed E-state index contributed by atoms with van der Waals surface area (Å²) in [6.07, 6.45) is 10.3. The summed E-state index contributed by atoms with van der Waals surface area (Å²) >= 11 is 12.1. The first-order chi connectivity index (χ1) is 72.0. The van der Waals surface area contributed by atoms with E-state index in [0.717, 1.165) is 116 Å². The summed E-state index contributed by atoms with van der Waals surface area (Å²) < 4.78 is 154. The second-order valence-corrected chi connectivity index (χ2v) is 38.9. The average molecular weight is 2090 g/mol. The highest BCUT2D eigenvalue weighted by Crippen LogP contribution is 2.49. The number of aromatic nitrogens is 25. The van der Waals surface area contributed by atoms with Gasteiger partial charge in [0.1, 0.15) is 65.4 Å². The Morgan fingerprint density at radius 2 is 0.584 bits per heavy atom. The van der Waals surface area contributed by atoms with Crippen molar-refractivity contribution in [2.75, 3.05) is 112 Å². The minimum Gasteiger partial charge on any atom is -0.368 e. The summed E-state index contributed by atoms with van der Waals surface area (Å²) in [4.78, 5) is 71.8. The number of hydrogen-bond donors (Lipinski definition) is 15. The zero-order valence-electron chi connectivity index (χ0n) is 79.2. The van der Waals surface area contributed by atoms with Crippen molar-refractivity contribution >= 4 is 142 Å². The number of anilines is 20. The smallest absolute Gasteiger partial charge is 0.235 e. The van der Waals surface area contributed by atoms with E-state index in [1.807, 2.05) is 35.2 Å². The Morgan fingerprint density at radius 1 is 0.275 bits per heavy atom. The van der Waals surface area contributed by atoms with Gasteiger partial charge in [-0.1, -0.05) is 60.0 Å². The summed E-state index contributed by atoms with van der Waals surface area (Å²) in [7, 11) is 0. The SMILES string of the molecule is Nc1nc(Nc2cc(C3CC3)[nH]n2)nc(N2CC(F)CC2c2cc(F)ccc2F)n1.Nc1nc(Nc2cc(C3CC3)[nH]n2)nc(N2CC(F)CC2c2ccc(Cl)cc2F)n1.Nc1nc(Nc2cc(C3CC3)[nH]n2)nc(N2CC(F)CC2c2ccc(F)cc2)n1.Nc1nc(Nc2cc(C3CC3)[nH]n2)nc(N2CC(F)CC2c2ccc(F)cc2Cl)n1.Nc1nc(Nc2cc(C3CCC3)[nH]n2)nc(N2CCCC2c2ccc(F)cc2F)n1. The molecule has 15 aromatic rings. The first-order valence-electron chi connectivity index (χ1n) is 48.6. The Bertz CT molecular complexity index is 7140. The number of alkyl halides is 4. The van der Waals surface area contributed by atoms with Gasteiger partial charge in [-0.2, -0.15) is 100 Å². The molecule has 25 rings (SSSR count). The van der Waals surface area contributed by atoms with E-state index >= 15 is 0 Å². The highest BCUT2D eigenvalue weighted by molar-refractivity contribution is 6.31. The molecule has 149 heavy (non-hydrogen) atoms. The topological polar surface area (TPSA) is 543 Å². The van der Waals surface area contributed by atoms with Gasteiger partial charge in [-0.15, -0.1) is 0 Å². The first kappa shape index (κ1) is 99.0. The van der Waals surface area contributed by atoms with Crippen LogP contribution in [0.1, 0.15) is 225 Å². The molecule has 5 aliphatic heterocycles. The lowest BCUT2D eigenvalue weighted by Crippen LogP contribution is -2.27. The number of aromatic amines is 5. The number of nitrogens with two attached hydrogens (primary N) is 5. The van der Waals surface area contributed by atoms with Gasteiger partial charge < -0.3 is 79.8 Å². The summed E-state index contributed by atoms with van der Waals surface area (Å²) in [6, 6.07) is 28.3. The Morgan fingerprint density at radius 3 is 0.946 bits per heavy atom. The Kier molecular flexibility index (Phi) is 28.2. The monoisotopic (exact) mass is 2090 g/mol. The van der Waals surface area contributed by atoms with Crippen LogP contribution in [0.2, 0.25) is 10.0 Å². The zero-order chi connectivity index (χ0) is 103. The Labute approximate surface area is 851 Å². The van der Waals surface area contributed by atoms with Gasteiger partial charge in [0, 0.05) is 153 Å². The van der Waals surface area contributed by atoms with E-state index in [-0.39, 0.29) is 169 Å². The first-order valence-corrected chi connectivity index (χ1v) is 49.4. The van der Waals surface area contributed by atoms with Gasteiger partial charge in [-0.3, -0.25) is 25.5 Å². The van der Waals surface area contributed by atoms with Gasteiger partial charge in [-0.05, 0) is 149 Å². The molecule has 5 aromatic carbocycles. The summed E-state index contributed by atoms with van der Waals surface area (Å²) in [5.74, 6) is 3.85. The minimum absolute atomic E-state index is 0.00767. The molecule has 53 heteroatoms. The van der Waals surface area contributed by atoms with Crippen molar-refractivity contribution in [3.63, 3.8) is 0 Å². The molecule has 9 unspecified atom stereocenters. The van der Waals surface area contributed by atoms with E-state index in [2.05, 4.69) is 152 Å². The fraction of sp³-hybridized carbons (Fsp3) is 0.375. The van der Waals surface area contributed by atoms with Gasteiger partial charge in [0.05, 0.1) is 56.4 Å². The van der Waals surface area contributed by atoms with Crippen molar-refractivity contribution in [3.8, 4) is 0 Å². The number of halogens is 13. The largest absolute Gasteiger partial charge is 0.368 e. The van der Waals surface area contributed by atoms with Crippen molar-refractivity contribution in [1.82, 2.24) is 126 Å². The lowest BCUT2D eigenvalue weighted by Gasteiger charge is -2.25. The minimum atomic E-state index is -1.25. The molecule has 20 N–H and O–H groups in total. The Hall–Kier alpha value is -16.0. The number of nitrogens with zero attached hydrogens (tertiary/aromatic N) is 25. The molecule has 0 bridgehead atoms. The van der Waals surface area contributed by atoms with Crippen LogP contribution in [0.25, 0.3) is 0 Å². The molecule has 0 amide bonds. The molecule has 9 atom stereocenters. The number of nitrogens with one attached hydrogen (secondary N) is 10. The normalized spacial score (nSPS) is 20.9. The third-order valence-electron chi connectivity index (χ3n) is 27.1. The maximum Gasteiger partial charge on any atom is 0.235 e. The number of H-pyrrole nitrogens is 5. The van der Waals surface area contributed by atoms with Crippen LogP contribution >= 0.6 is 23.2 Å². The number of hydrogen-bond acceptors (Lipinski definition) is 35. The van der Waals surface area contributed by atoms with Crippen molar-refractivity contribution in [2.45, 2.75) is 194 Å². The van der Waals surface area contributed by atoms with Crippen molar-refractivity contribution in [1.29, 1.82) is 0 Å². The van der Waals surface area contributed by atoms with Crippen molar-refractivity contribution in [2.24, 2.45) is 0 Å². The van der Waals surface area contributed by atoms with Crippen LogP contribution < -0.4 is 79.8 Å². The molecule has 0 radical (unpaired) electrons. The molecule has 5 saturated heterocycles. The molecule has 10 fully saturated rings. The van der Waals surface area contributed by atoms with E-state index in [0.29, 0.717) is 94.3 Å². The second kappa shape index (κ2) is 42.5. The number of benzene rings is 5. The number of nitrogen functional groups attached to an aromatic ring is 5. The molecular formula is C96H99Cl2F11N40. The lowest BCUT2D eigenvalue weighted by molar-refractivity contribution is 0.355. The molecule has 5 saturated carbocycles. The molecule has 5 aliphatic carbocycles. The third kappa shape index (κ3) is 23.7. The van der Waals surface area contributed by atoms with Crippen LogP contribution in [0.5, 0.6) is 0 Å². The van der Waals surface area contributed by atoms with E-state index in [1.54, 1.807) is 45.0 Å². The maximum atomic E-state index is 14.5. The summed E-state index contributed by atoms with van der Waals surface area (Å²) in [5, 5.41) is 51.7. The maximum absolute atomic E-state index is 14.5. The molecule has 774 valence electrons. The van der Waals surface area contributed by atoms with Crippen molar-refractivity contribution in [3.05, 3.63) is 234 Å². The predicted molar refractivity (Wildman–Crippen MR) is 535 cm³/mol. The highest BCUT2D eigenvalue weighted by atomic mass is 35.5. The molecular weight excluding hydrogens is 1990 g/mol. The van der Waals surface area contributed by atoms with Crippen LogP contribution in [0.15, 0.2) is 127 Å². The average Bonchev–Trinajstić information content (AvgIpc) is 1.74. The summed E-state index contributed by atoms with van der Waals surface area (Å²) in [5.41, 5.74) is 36.9. The quantitative estimate of drug-likeness (QED) is 0.0236. The number of rotatable bonds is 25. The van der Waals surface area contributed by atoms with Crippen LogP contribution in [0.3, 0.4) is 0 Å². The predicted octanol–water partition coefficient (Wildman–Crippen LogP) is 18.2. The fourth-order valence-electron chi connectivity index (χ4n) is 19.1. The lowest BCUT2D eigenvalue weighted by atomic mass is 9.83. The molecule has 40 nitrogen and oxygen atoms in total. The second-order valence-electron chi connectivity index (χ2n) is 38.0. The van der Waals surface area contributed by atoms with Gasteiger partial charge in [0.15, 0.2) is 29.1 Å². The highest BCUT2D eigenvalue weighted by Gasteiger charge is 2.43. The summed E-state index contributed by atoms with van der Waals surface area (Å²) in [6.45, 7) is 0.773. The van der Waals surface area contributed by atoms with E-state index in [9.17, 15) is 48.3 Å². The van der Waals surface area contributed by atoms with E-state index < -0.39 is 77.7 Å².